The number of nitrogens with two attached hydrogens (primary N) is 1. The lowest BCUT2D eigenvalue weighted by Crippen LogP contribution is -2.28. The normalized spacial score (nSPS) is 11.5. The largest absolute Gasteiger partial charge is 0.370 e. The number of sulfonamides is 1. The summed E-state index contributed by atoms with van der Waals surface area (Å²) in [7, 11) is -3.23. The van der Waals surface area contributed by atoms with Crippen LogP contribution in [-0.4, -0.2) is 32.5 Å². The third kappa shape index (κ3) is 8.28. The van der Waals surface area contributed by atoms with Crippen molar-refractivity contribution in [1.82, 2.24) is 4.72 Å². The molecule has 7 heteroatoms. The van der Waals surface area contributed by atoms with Crippen molar-refractivity contribution < 1.29 is 13.2 Å². The second-order valence-electron chi connectivity index (χ2n) is 2.83. The van der Waals surface area contributed by atoms with Crippen LogP contribution in [-0.2, 0) is 14.8 Å². The van der Waals surface area contributed by atoms with E-state index in [2.05, 4.69) is 4.72 Å². The topological polar surface area (TPSA) is 89.3 Å². The first-order chi connectivity index (χ1) is 6.48. The van der Waals surface area contributed by atoms with Crippen molar-refractivity contribution in [3.8, 4) is 0 Å². The molecule has 0 aromatic heterocycles. The molecule has 0 bridgehead atoms. The van der Waals surface area contributed by atoms with E-state index in [0.29, 0.717) is 19.4 Å². The number of hydrogen-bond donors (Lipinski definition) is 2. The summed E-state index contributed by atoms with van der Waals surface area (Å²) < 4.78 is 24.5. The molecule has 0 radical (unpaired) electrons. The molecule has 0 spiro atoms. The van der Waals surface area contributed by atoms with Gasteiger partial charge in [-0.2, -0.15) is 0 Å². The molecule has 0 aromatic carbocycles. The van der Waals surface area contributed by atoms with Crippen LogP contribution in [0.5, 0.6) is 0 Å². The van der Waals surface area contributed by atoms with Gasteiger partial charge in [-0.15, -0.1) is 11.6 Å². The molecule has 0 atom stereocenters. The first kappa shape index (κ1) is 13.7. The van der Waals surface area contributed by atoms with Gasteiger partial charge in [0.05, 0.1) is 5.75 Å². The Labute approximate surface area is 89.0 Å². The van der Waals surface area contributed by atoms with Gasteiger partial charge in [0.15, 0.2) is 0 Å². The Morgan fingerprint density at radius 2 is 2.00 bits per heavy atom. The van der Waals surface area contributed by atoms with Gasteiger partial charge in [0.1, 0.15) is 0 Å². The van der Waals surface area contributed by atoms with Crippen LogP contribution in [0.4, 0.5) is 0 Å². The zero-order valence-electron chi connectivity index (χ0n) is 7.83. The Morgan fingerprint density at radius 1 is 1.36 bits per heavy atom. The number of alkyl halides is 1. The zero-order valence-corrected chi connectivity index (χ0v) is 9.40. The summed E-state index contributed by atoms with van der Waals surface area (Å²) in [4.78, 5) is 10.3. The quantitative estimate of drug-likeness (QED) is 0.456. The maximum absolute atomic E-state index is 11.0. The molecule has 84 valence electrons. The summed E-state index contributed by atoms with van der Waals surface area (Å²) in [5.41, 5.74) is 4.91. The second-order valence-corrected chi connectivity index (χ2v) is 5.13. The highest BCUT2D eigenvalue weighted by molar-refractivity contribution is 7.89. The van der Waals surface area contributed by atoms with Crippen LogP contribution in [0.2, 0.25) is 0 Å². The Balaban J connectivity index is 3.49. The molecule has 0 rings (SSSR count). The van der Waals surface area contributed by atoms with E-state index in [1.165, 1.54) is 0 Å². The summed E-state index contributed by atoms with van der Waals surface area (Å²) in [6.45, 7) is 0.326. The number of halogens is 1. The summed E-state index contributed by atoms with van der Waals surface area (Å²) in [6, 6.07) is 0. The van der Waals surface area contributed by atoms with E-state index >= 15 is 0 Å². The van der Waals surface area contributed by atoms with Crippen molar-refractivity contribution in [3.05, 3.63) is 0 Å². The predicted molar refractivity (Wildman–Crippen MR) is 55.6 cm³/mol. The van der Waals surface area contributed by atoms with Gasteiger partial charge in [0.2, 0.25) is 15.9 Å². The fraction of sp³-hybridized carbons (Fsp3) is 0.857. The summed E-state index contributed by atoms with van der Waals surface area (Å²) in [5.74, 6) is -0.366. The van der Waals surface area contributed by atoms with E-state index < -0.39 is 10.0 Å². The van der Waals surface area contributed by atoms with Crippen LogP contribution in [0.25, 0.3) is 0 Å². The predicted octanol–water partition coefficient (Wildman–Crippen LogP) is -0.200. The molecule has 3 N–H and O–H groups in total. The Bertz CT molecular complexity index is 266. The molecule has 1 amide bonds. The number of primary amides is 1. The number of carbonyl (C=O) groups excluding carboxylic acids is 1. The molecular weight excluding hydrogens is 228 g/mol. The van der Waals surface area contributed by atoms with Crippen molar-refractivity contribution in [2.45, 2.75) is 19.3 Å². The SMILES string of the molecule is NC(=O)CCCCNS(=O)(=O)CCCl. The number of amides is 1. The first-order valence-corrected chi connectivity index (χ1v) is 6.48. The zero-order chi connectivity index (χ0) is 11.0. The van der Waals surface area contributed by atoms with Crippen LogP contribution >= 0.6 is 11.6 Å². The molecule has 0 unspecified atom stereocenters. The van der Waals surface area contributed by atoms with Gasteiger partial charge < -0.3 is 5.73 Å². The molecule has 14 heavy (non-hydrogen) atoms. The maximum Gasteiger partial charge on any atom is 0.217 e. The molecule has 0 saturated heterocycles. The minimum atomic E-state index is -3.23. The van der Waals surface area contributed by atoms with E-state index in [1.807, 2.05) is 0 Å². The number of carbonyl (C=O) groups is 1. The Morgan fingerprint density at radius 3 is 2.50 bits per heavy atom. The minimum Gasteiger partial charge on any atom is -0.370 e. The average molecular weight is 243 g/mol. The van der Waals surface area contributed by atoms with Gasteiger partial charge >= 0.3 is 0 Å². The van der Waals surface area contributed by atoms with Crippen LogP contribution in [0.3, 0.4) is 0 Å². The molecule has 5 nitrogen and oxygen atoms in total. The number of nitrogens with one attached hydrogen (secondary N) is 1. The third-order valence-corrected chi connectivity index (χ3v) is 3.32. The van der Waals surface area contributed by atoms with Crippen molar-refractivity contribution in [3.63, 3.8) is 0 Å². The van der Waals surface area contributed by atoms with Crippen LogP contribution in [0.1, 0.15) is 19.3 Å². The van der Waals surface area contributed by atoms with E-state index in [4.69, 9.17) is 17.3 Å². The standard InChI is InChI=1S/C7H15ClN2O3S/c8-4-6-14(12,13)10-5-2-1-3-7(9)11/h10H,1-6H2,(H2,9,11). The molecule has 0 aliphatic carbocycles. The molecule has 0 aliphatic heterocycles. The monoisotopic (exact) mass is 242 g/mol. The highest BCUT2D eigenvalue weighted by Gasteiger charge is 2.07. The highest BCUT2D eigenvalue weighted by Crippen LogP contribution is 1.94. The molecule has 0 heterocycles. The van der Waals surface area contributed by atoms with Gasteiger partial charge in [-0.3, -0.25) is 4.79 Å². The smallest absolute Gasteiger partial charge is 0.217 e. The lowest BCUT2D eigenvalue weighted by molar-refractivity contribution is -0.118. The molecular formula is C7H15ClN2O3S. The van der Waals surface area contributed by atoms with Crippen molar-refractivity contribution >= 4 is 27.5 Å². The van der Waals surface area contributed by atoms with E-state index in [0.717, 1.165) is 0 Å². The van der Waals surface area contributed by atoms with Crippen molar-refractivity contribution in [2.75, 3.05) is 18.2 Å². The van der Waals surface area contributed by atoms with Gasteiger partial charge in [-0.05, 0) is 12.8 Å². The second kappa shape index (κ2) is 7.03. The summed E-state index contributed by atoms with van der Waals surface area (Å²) in [6.07, 6.45) is 1.49. The van der Waals surface area contributed by atoms with Crippen LogP contribution < -0.4 is 10.5 Å². The first-order valence-electron chi connectivity index (χ1n) is 4.29. The molecule has 0 saturated carbocycles. The van der Waals surface area contributed by atoms with Crippen molar-refractivity contribution in [2.24, 2.45) is 5.73 Å². The van der Waals surface area contributed by atoms with Gasteiger partial charge in [-0.1, -0.05) is 0 Å². The average Bonchev–Trinajstić information content (AvgIpc) is 2.02. The number of hydrogen-bond acceptors (Lipinski definition) is 3. The molecule has 0 aromatic rings. The lowest BCUT2D eigenvalue weighted by atomic mass is 10.2. The number of unbranched alkanes of at least 4 members (excludes halogenated alkanes) is 1. The van der Waals surface area contributed by atoms with E-state index in [-0.39, 0.29) is 24.0 Å². The maximum atomic E-state index is 11.0. The van der Waals surface area contributed by atoms with E-state index in [1.54, 1.807) is 0 Å². The van der Waals surface area contributed by atoms with E-state index in [9.17, 15) is 13.2 Å². The van der Waals surface area contributed by atoms with Gasteiger partial charge in [0.25, 0.3) is 0 Å². The Hall–Kier alpha value is -0.330. The summed E-state index contributed by atoms with van der Waals surface area (Å²) in [5, 5.41) is 0. The van der Waals surface area contributed by atoms with Crippen LogP contribution in [0.15, 0.2) is 0 Å². The van der Waals surface area contributed by atoms with Gasteiger partial charge in [0, 0.05) is 18.8 Å². The molecule has 0 fully saturated rings. The fourth-order valence-electron chi connectivity index (χ4n) is 0.826. The fourth-order valence-corrected chi connectivity index (χ4v) is 2.24. The summed E-state index contributed by atoms with van der Waals surface area (Å²) >= 11 is 5.29. The third-order valence-electron chi connectivity index (χ3n) is 1.52. The lowest BCUT2D eigenvalue weighted by Gasteiger charge is -2.03. The van der Waals surface area contributed by atoms with Crippen molar-refractivity contribution in [1.29, 1.82) is 0 Å². The molecule has 0 aliphatic rings. The minimum absolute atomic E-state index is 0.0790. The number of rotatable bonds is 8. The highest BCUT2D eigenvalue weighted by atomic mass is 35.5. The van der Waals surface area contributed by atoms with Gasteiger partial charge in [-0.25, -0.2) is 13.1 Å². The Kier molecular flexibility index (Phi) is 6.86. The van der Waals surface area contributed by atoms with Crippen LogP contribution in [0, 0.1) is 0 Å².